The molecule has 0 heterocycles. The maximum atomic E-state index is 13.5. The minimum Gasteiger partial charge on any atom is -0.207 e. The van der Waals surface area contributed by atoms with Crippen molar-refractivity contribution in [3.05, 3.63) is 35.1 Å². The molecule has 0 N–H and O–H groups in total. The van der Waals surface area contributed by atoms with Gasteiger partial charge < -0.3 is 0 Å². The molecule has 1 aliphatic rings. The molecular formula is C12H15F. The van der Waals surface area contributed by atoms with E-state index in [0.29, 0.717) is 5.92 Å². The van der Waals surface area contributed by atoms with Gasteiger partial charge in [-0.2, -0.15) is 0 Å². The quantitative estimate of drug-likeness (QED) is 0.662. The molecule has 0 amide bonds. The number of rotatable bonds is 3. The van der Waals surface area contributed by atoms with Crippen molar-refractivity contribution in [1.29, 1.82) is 0 Å². The Balaban J connectivity index is 2.35. The summed E-state index contributed by atoms with van der Waals surface area (Å²) in [6.07, 6.45) is 4.47. The van der Waals surface area contributed by atoms with Gasteiger partial charge in [-0.15, -0.1) is 0 Å². The van der Waals surface area contributed by atoms with Gasteiger partial charge in [-0.1, -0.05) is 25.5 Å². The molecule has 13 heavy (non-hydrogen) atoms. The highest BCUT2D eigenvalue weighted by Gasteiger charge is 2.28. The maximum absolute atomic E-state index is 13.5. The van der Waals surface area contributed by atoms with Gasteiger partial charge in [-0.25, -0.2) is 4.39 Å². The van der Waals surface area contributed by atoms with Crippen LogP contribution < -0.4 is 0 Å². The van der Waals surface area contributed by atoms with Crippen LogP contribution in [0.1, 0.15) is 43.2 Å². The average molecular weight is 178 g/mol. The molecule has 1 saturated carbocycles. The summed E-state index contributed by atoms with van der Waals surface area (Å²) in [6, 6.07) is 5.49. The summed E-state index contributed by atoms with van der Waals surface area (Å²) in [6.45, 7) is 2.14. The van der Waals surface area contributed by atoms with Crippen LogP contribution in [0.25, 0.3) is 0 Å². The predicted molar refractivity (Wildman–Crippen MR) is 52.4 cm³/mol. The first-order valence-electron chi connectivity index (χ1n) is 5.10. The van der Waals surface area contributed by atoms with Crippen molar-refractivity contribution >= 4 is 0 Å². The van der Waals surface area contributed by atoms with Crippen molar-refractivity contribution in [2.75, 3.05) is 0 Å². The van der Waals surface area contributed by atoms with Crippen molar-refractivity contribution in [3.8, 4) is 0 Å². The standard InChI is InChI=1S/C12H15F/c1-2-4-9-5-3-6-11(13)12(9)10-7-8-10/h3,5-6,10H,2,4,7-8H2,1H3. The molecule has 1 aromatic rings. The van der Waals surface area contributed by atoms with E-state index in [0.717, 1.165) is 18.4 Å². The fourth-order valence-corrected chi connectivity index (χ4v) is 1.90. The summed E-state index contributed by atoms with van der Waals surface area (Å²) in [5.74, 6) is 0.538. The topological polar surface area (TPSA) is 0 Å². The summed E-state index contributed by atoms with van der Waals surface area (Å²) in [5, 5.41) is 0. The van der Waals surface area contributed by atoms with Gasteiger partial charge in [0.1, 0.15) is 5.82 Å². The Labute approximate surface area is 78.8 Å². The third-order valence-corrected chi connectivity index (χ3v) is 2.65. The van der Waals surface area contributed by atoms with Crippen LogP contribution in [-0.4, -0.2) is 0 Å². The molecule has 0 atom stereocenters. The summed E-state index contributed by atoms with van der Waals surface area (Å²) < 4.78 is 13.5. The molecule has 1 fully saturated rings. The van der Waals surface area contributed by atoms with Crippen LogP contribution in [0.15, 0.2) is 18.2 Å². The smallest absolute Gasteiger partial charge is 0.126 e. The molecule has 0 aliphatic heterocycles. The Hall–Kier alpha value is -0.850. The van der Waals surface area contributed by atoms with E-state index in [2.05, 4.69) is 13.0 Å². The second-order valence-electron chi connectivity index (χ2n) is 3.84. The molecule has 1 heteroatoms. The summed E-state index contributed by atoms with van der Waals surface area (Å²) in [4.78, 5) is 0. The Morgan fingerprint density at radius 1 is 1.38 bits per heavy atom. The van der Waals surface area contributed by atoms with Crippen LogP contribution >= 0.6 is 0 Å². The average Bonchev–Trinajstić information content (AvgIpc) is 2.88. The number of benzene rings is 1. The summed E-state index contributed by atoms with van der Waals surface area (Å²) in [5.41, 5.74) is 2.23. The van der Waals surface area contributed by atoms with Crippen LogP contribution in [-0.2, 0) is 6.42 Å². The lowest BCUT2D eigenvalue weighted by atomic mass is 9.99. The molecule has 2 rings (SSSR count). The first kappa shape index (κ1) is 8.74. The molecule has 0 spiro atoms. The second-order valence-corrected chi connectivity index (χ2v) is 3.84. The normalized spacial score (nSPS) is 16.2. The van der Waals surface area contributed by atoms with Crippen molar-refractivity contribution in [1.82, 2.24) is 0 Å². The van der Waals surface area contributed by atoms with Crippen LogP contribution in [0.4, 0.5) is 4.39 Å². The molecule has 0 saturated heterocycles. The van der Waals surface area contributed by atoms with Crippen LogP contribution in [0, 0.1) is 5.82 Å². The lowest BCUT2D eigenvalue weighted by Gasteiger charge is -2.08. The Morgan fingerprint density at radius 2 is 2.15 bits per heavy atom. The van der Waals surface area contributed by atoms with Gasteiger partial charge in [-0.05, 0) is 42.4 Å². The van der Waals surface area contributed by atoms with Gasteiger partial charge >= 0.3 is 0 Å². The number of hydrogen-bond donors (Lipinski definition) is 0. The van der Waals surface area contributed by atoms with E-state index in [1.54, 1.807) is 6.07 Å². The molecule has 0 nitrogen and oxygen atoms in total. The van der Waals surface area contributed by atoms with E-state index < -0.39 is 0 Å². The first-order valence-corrected chi connectivity index (χ1v) is 5.10. The van der Waals surface area contributed by atoms with E-state index in [-0.39, 0.29) is 5.82 Å². The predicted octanol–water partition coefficient (Wildman–Crippen LogP) is 3.66. The van der Waals surface area contributed by atoms with Crippen molar-refractivity contribution in [2.24, 2.45) is 0 Å². The molecule has 0 radical (unpaired) electrons. The minimum atomic E-state index is 0.00782. The zero-order chi connectivity index (χ0) is 9.26. The van der Waals surface area contributed by atoms with E-state index >= 15 is 0 Å². The fourth-order valence-electron chi connectivity index (χ4n) is 1.90. The number of aryl methyl sites for hydroxylation is 1. The fraction of sp³-hybridized carbons (Fsp3) is 0.500. The molecule has 0 aromatic heterocycles. The van der Waals surface area contributed by atoms with Gasteiger partial charge in [0.15, 0.2) is 0 Å². The maximum Gasteiger partial charge on any atom is 0.126 e. The molecule has 1 aromatic carbocycles. The number of halogens is 1. The Kier molecular flexibility index (Phi) is 2.34. The third kappa shape index (κ3) is 1.74. The minimum absolute atomic E-state index is 0.00782. The largest absolute Gasteiger partial charge is 0.207 e. The zero-order valence-electron chi connectivity index (χ0n) is 8.02. The van der Waals surface area contributed by atoms with Crippen LogP contribution in [0.5, 0.6) is 0 Å². The summed E-state index contributed by atoms with van der Waals surface area (Å²) in [7, 11) is 0. The van der Waals surface area contributed by atoms with Gasteiger partial charge in [0.05, 0.1) is 0 Å². The van der Waals surface area contributed by atoms with E-state index in [1.807, 2.05) is 6.07 Å². The van der Waals surface area contributed by atoms with Crippen molar-refractivity contribution in [3.63, 3.8) is 0 Å². The van der Waals surface area contributed by atoms with Gasteiger partial charge in [-0.3, -0.25) is 0 Å². The summed E-state index contributed by atoms with van der Waals surface area (Å²) >= 11 is 0. The lowest BCUT2D eigenvalue weighted by molar-refractivity contribution is 0.606. The Bertz CT molecular complexity index is 300. The SMILES string of the molecule is CCCc1cccc(F)c1C1CC1. The highest BCUT2D eigenvalue weighted by Crippen LogP contribution is 2.43. The monoisotopic (exact) mass is 178 g/mol. The van der Waals surface area contributed by atoms with Crippen molar-refractivity contribution in [2.45, 2.75) is 38.5 Å². The van der Waals surface area contributed by atoms with Crippen LogP contribution in [0.3, 0.4) is 0 Å². The third-order valence-electron chi connectivity index (χ3n) is 2.65. The molecule has 70 valence electrons. The van der Waals surface area contributed by atoms with E-state index in [1.165, 1.54) is 18.4 Å². The van der Waals surface area contributed by atoms with E-state index in [9.17, 15) is 4.39 Å². The Morgan fingerprint density at radius 3 is 2.77 bits per heavy atom. The molecule has 0 unspecified atom stereocenters. The molecule has 0 bridgehead atoms. The highest BCUT2D eigenvalue weighted by atomic mass is 19.1. The second kappa shape index (κ2) is 3.49. The molecule has 1 aliphatic carbocycles. The van der Waals surface area contributed by atoms with Gasteiger partial charge in [0.2, 0.25) is 0 Å². The lowest BCUT2D eigenvalue weighted by Crippen LogP contribution is -1.95. The molecular weight excluding hydrogens is 163 g/mol. The highest BCUT2D eigenvalue weighted by molar-refractivity contribution is 5.34. The van der Waals surface area contributed by atoms with Gasteiger partial charge in [0.25, 0.3) is 0 Å². The number of hydrogen-bond acceptors (Lipinski definition) is 0. The zero-order valence-corrected chi connectivity index (χ0v) is 8.02. The van der Waals surface area contributed by atoms with Crippen LogP contribution in [0.2, 0.25) is 0 Å². The van der Waals surface area contributed by atoms with Crippen molar-refractivity contribution < 1.29 is 4.39 Å². The van der Waals surface area contributed by atoms with E-state index in [4.69, 9.17) is 0 Å². The van der Waals surface area contributed by atoms with Gasteiger partial charge in [0, 0.05) is 0 Å². The first-order chi connectivity index (χ1) is 6.33.